The lowest BCUT2D eigenvalue weighted by Crippen LogP contribution is -2.07. The number of hydrogen-bond acceptors (Lipinski definition) is 3. The molecule has 1 rings (SSSR count). The minimum Gasteiger partial charge on any atom is -0.463 e. The highest BCUT2D eigenvalue weighted by Crippen LogP contribution is 2.40. The van der Waals surface area contributed by atoms with Crippen LogP contribution in [0.2, 0.25) is 0 Å². The fraction of sp³-hybridized carbons (Fsp3) is 0.727. The summed E-state index contributed by atoms with van der Waals surface area (Å²) in [5, 5.41) is 0. The van der Waals surface area contributed by atoms with Crippen LogP contribution in [-0.2, 0) is 14.3 Å². The average Bonchev–Trinajstić information content (AvgIpc) is 2.76. The number of epoxide rings is 1. The number of hydrogen-bond donors (Lipinski definition) is 0. The second-order valence-corrected chi connectivity index (χ2v) is 3.66. The Morgan fingerprint density at radius 1 is 1.57 bits per heavy atom. The van der Waals surface area contributed by atoms with Crippen LogP contribution in [0.5, 0.6) is 0 Å². The monoisotopic (exact) mass is 198 g/mol. The Hall–Kier alpha value is -0.830. The summed E-state index contributed by atoms with van der Waals surface area (Å²) in [5.74, 6) is -0.292. The van der Waals surface area contributed by atoms with E-state index in [2.05, 4.69) is 6.92 Å². The van der Waals surface area contributed by atoms with Crippen molar-refractivity contribution in [1.29, 1.82) is 0 Å². The first-order valence-electron chi connectivity index (χ1n) is 5.16. The maximum Gasteiger partial charge on any atom is 0.330 e. The smallest absolute Gasteiger partial charge is 0.330 e. The van der Waals surface area contributed by atoms with E-state index in [1.165, 1.54) is 6.08 Å². The van der Waals surface area contributed by atoms with Crippen molar-refractivity contribution in [2.24, 2.45) is 0 Å². The highest BCUT2D eigenvalue weighted by atomic mass is 16.6. The second-order valence-electron chi connectivity index (χ2n) is 3.66. The molecule has 0 amide bonds. The maximum atomic E-state index is 11.0. The summed E-state index contributed by atoms with van der Waals surface area (Å²) in [6.45, 7) is 6.32. The SMILES string of the molecule is CCC[C@@H]1O[C@]1(C)/C=C/C(=O)OCC. The summed E-state index contributed by atoms with van der Waals surface area (Å²) in [4.78, 5) is 11.0. The zero-order valence-corrected chi connectivity index (χ0v) is 9.08. The highest BCUT2D eigenvalue weighted by Gasteiger charge is 2.49. The first-order chi connectivity index (χ1) is 6.62. The van der Waals surface area contributed by atoms with Gasteiger partial charge >= 0.3 is 5.97 Å². The van der Waals surface area contributed by atoms with Gasteiger partial charge in [0.05, 0.1) is 12.7 Å². The number of esters is 1. The van der Waals surface area contributed by atoms with Gasteiger partial charge in [-0.25, -0.2) is 4.79 Å². The van der Waals surface area contributed by atoms with Crippen LogP contribution < -0.4 is 0 Å². The summed E-state index contributed by atoms with van der Waals surface area (Å²) in [6.07, 6.45) is 5.68. The van der Waals surface area contributed by atoms with E-state index in [0.717, 1.165) is 12.8 Å². The van der Waals surface area contributed by atoms with E-state index < -0.39 is 0 Å². The summed E-state index contributed by atoms with van der Waals surface area (Å²) in [6, 6.07) is 0. The molecule has 0 radical (unpaired) electrons. The van der Waals surface area contributed by atoms with Crippen LogP contribution in [0, 0.1) is 0 Å². The molecule has 1 aliphatic rings. The quantitative estimate of drug-likeness (QED) is 0.385. The molecule has 0 aromatic rings. The summed E-state index contributed by atoms with van der Waals surface area (Å²) < 4.78 is 10.3. The predicted octanol–water partition coefficient (Wildman–Crippen LogP) is 2.06. The van der Waals surface area contributed by atoms with Gasteiger partial charge in [-0.1, -0.05) is 13.3 Å². The predicted molar refractivity (Wildman–Crippen MR) is 54.0 cm³/mol. The third-order valence-corrected chi connectivity index (χ3v) is 2.37. The number of carbonyl (C=O) groups excluding carboxylic acids is 1. The molecule has 0 aromatic heterocycles. The van der Waals surface area contributed by atoms with Gasteiger partial charge in [0.2, 0.25) is 0 Å². The molecule has 0 bridgehead atoms. The minimum absolute atomic E-state index is 0.233. The molecule has 0 saturated carbocycles. The van der Waals surface area contributed by atoms with Gasteiger partial charge in [-0.2, -0.15) is 0 Å². The Morgan fingerprint density at radius 3 is 2.86 bits per heavy atom. The Morgan fingerprint density at radius 2 is 2.29 bits per heavy atom. The van der Waals surface area contributed by atoms with E-state index in [9.17, 15) is 4.79 Å². The van der Waals surface area contributed by atoms with Gasteiger partial charge in [-0.3, -0.25) is 0 Å². The van der Waals surface area contributed by atoms with Crippen LogP contribution in [0.15, 0.2) is 12.2 Å². The first kappa shape index (κ1) is 11.2. The molecule has 1 aliphatic heterocycles. The van der Waals surface area contributed by atoms with Crippen molar-refractivity contribution < 1.29 is 14.3 Å². The molecular weight excluding hydrogens is 180 g/mol. The van der Waals surface area contributed by atoms with Crippen molar-refractivity contribution in [3.8, 4) is 0 Å². The standard InChI is InChI=1S/C11H18O3/c1-4-6-9-11(3,14-9)8-7-10(12)13-5-2/h7-9H,4-6H2,1-3H3/b8-7+/t9-,11+/m0/s1. The third kappa shape index (κ3) is 2.84. The molecule has 0 aromatic carbocycles. The largest absolute Gasteiger partial charge is 0.463 e. The van der Waals surface area contributed by atoms with Gasteiger partial charge in [-0.15, -0.1) is 0 Å². The van der Waals surface area contributed by atoms with Gasteiger partial charge in [0.25, 0.3) is 0 Å². The van der Waals surface area contributed by atoms with Crippen molar-refractivity contribution >= 4 is 5.97 Å². The first-order valence-corrected chi connectivity index (χ1v) is 5.16. The fourth-order valence-corrected chi connectivity index (χ4v) is 1.45. The van der Waals surface area contributed by atoms with Crippen LogP contribution in [0.25, 0.3) is 0 Å². The third-order valence-electron chi connectivity index (χ3n) is 2.37. The van der Waals surface area contributed by atoms with Gasteiger partial charge in [0.15, 0.2) is 0 Å². The van der Waals surface area contributed by atoms with Crippen molar-refractivity contribution in [3.05, 3.63) is 12.2 Å². The molecule has 80 valence electrons. The molecule has 3 heteroatoms. The molecule has 0 aliphatic carbocycles. The normalized spacial score (nSPS) is 30.6. The summed E-state index contributed by atoms with van der Waals surface area (Å²) in [7, 11) is 0. The second kappa shape index (κ2) is 4.60. The van der Waals surface area contributed by atoms with Crippen LogP contribution in [0.3, 0.4) is 0 Å². The molecule has 0 spiro atoms. The fourth-order valence-electron chi connectivity index (χ4n) is 1.45. The van der Waals surface area contributed by atoms with Crippen LogP contribution >= 0.6 is 0 Å². The Kier molecular flexibility index (Phi) is 3.69. The molecule has 3 nitrogen and oxygen atoms in total. The number of rotatable bonds is 5. The Labute approximate surface area is 85.1 Å². The van der Waals surface area contributed by atoms with Crippen molar-refractivity contribution in [3.63, 3.8) is 0 Å². The molecule has 0 unspecified atom stereocenters. The molecule has 1 heterocycles. The van der Waals surface area contributed by atoms with Gasteiger partial charge < -0.3 is 9.47 Å². The van der Waals surface area contributed by atoms with Crippen molar-refractivity contribution in [2.45, 2.75) is 45.3 Å². The topological polar surface area (TPSA) is 38.8 Å². The molecule has 2 atom stereocenters. The lowest BCUT2D eigenvalue weighted by molar-refractivity contribution is -0.137. The van der Waals surface area contributed by atoms with Crippen LogP contribution in [-0.4, -0.2) is 24.3 Å². The zero-order chi connectivity index (χ0) is 10.6. The van der Waals surface area contributed by atoms with Crippen LogP contribution in [0.4, 0.5) is 0 Å². The van der Waals surface area contributed by atoms with Crippen LogP contribution in [0.1, 0.15) is 33.6 Å². The molecule has 1 saturated heterocycles. The molecule has 1 fully saturated rings. The Bertz CT molecular complexity index is 235. The molecular formula is C11H18O3. The van der Waals surface area contributed by atoms with Gasteiger partial charge in [-0.05, 0) is 26.3 Å². The van der Waals surface area contributed by atoms with Crippen molar-refractivity contribution in [1.82, 2.24) is 0 Å². The Balaban J connectivity index is 2.34. The van der Waals surface area contributed by atoms with Gasteiger partial charge in [0.1, 0.15) is 5.60 Å². The molecule has 0 N–H and O–H groups in total. The maximum absolute atomic E-state index is 11.0. The van der Waals surface area contributed by atoms with E-state index in [-0.39, 0.29) is 17.7 Å². The average molecular weight is 198 g/mol. The van der Waals surface area contributed by atoms with E-state index in [1.807, 2.05) is 6.92 Å². The lowest BCUT2D eigenvalue weighted by Gasteiger charge is -1.98. The van der Waals surface area contributed by atoms with E-state index in [4.69, 9.17) is 9.47 Å². The summed E-state index contributed by atoms with van der Waals surface area (Å²) in [5.41, 5.74) is -0.233. The van der Waals surface area contributed by atoms with E-state index >= 15 is 0 Å². The van der Waals surface area contributed by atoms with Gasteiger partial charge in [0, 0.05) is 6.08 Å². The van der Waals surface area contributed by atoms with E-state index in [1.54, 1.807) is 13.0 Å². The number of ether oxygens (including phenoxy) is 2. The zero-order valence-electron chi connectivity index (χ0n) is 9.08. The van der Waals surface area contributed by atoms with Crippen molar-refractivity contribution in [2.75, 3.05) is 6.61 Å². The number of carbonyl (C=O) groups is 1. The minimum atomic E-state index is -0.292. The summed E-state index contributed by atoms with van der Waals surface area (Å²) >= 11 is 0. The highest BCUT2D eigenvalue weighted by molar-refractivity contribution is 5.82. The molecule has 14 heavy (non-hydrogen) atoms. The lowest BCUT2D eigenvalue weighted by atomic mass is 10.0. The van der Waals surface area contributed by atoms with E-state index in [0.29, 0.717) is 6.61 Å².